The van der Waals surface area contributed by atoms with Crippen molar-refractivity contribution in [2.24, 2.45) is 0 Å². The number of benzene rings is 4. The van der Waals surface area contributed by atoms with Crippen LogP contribution in [-0.4, -0.2) is 16.8 Å². The van der Waals surface area contributed by atoms with Gasteiger partial charge >= 0.3 is 0 Å². The minimum atomic E-state index is -0.932. The molecule has 4 aromatic carbocycles. The van der Waals surface area contributed by atoms with Crippen LogP contribution in [0.25, 0.3) is 16.5 Å². The fourth-order valence-electron chi connectivity index (χ4n) is 4.15. The molecule has 0 saturated carbocycles. The third kappa shape index (κ3) is 3.66. The van der Waals surface area contributed by atoms with Crippen molar-refractivity contribution < 1.29 is 19.1 Å². The van der Waals surface area contributed by atoms with Crippen molar-refractivity contribution in [3.8, 4) is 0 Å². The van der Waals surface area contributed by atoms with Crippen molar-refractivity contribution in [2.75, 3.05) is 4.90 Å². The number of aliphatic hydroxyl groups is 1. The monoisotopic (exact) mass is 457 g/mol. The van der Waals surface area contributed by atoms with E-state index < -0.39 is 23.5 Å². The van der Waals surface area contributed by atoms with Gasteiger partial charge in [-0.1, -0.05) is 60.1 Å². The highest BCUT2D eigenvalue weighted by Gasteiger charge is 2.46. The molecule has 4 nitrogen and oxygen atoms in total. The molecule has 162 valence electrons. The van der Waals surface area contributed by atoms with Crippen LogP contribution in [0.4, 0.5) is 10.1 Å². The van der Waals surface area contributed by atoms with Crippen LogP contribution in [-0.2, 0) is 9.59 Å². The first-order chi connectivity index (χ1) is 15.9. The number of hydrogen-bond acceptors (Lipinski definition) is 3. The average molecular weight is 458 g/mol. The van der Waals surface area contributed by atoms with Gasteiger partial charge in [0.2, 0.25) is 0 Å². The molecule has 33 heavy (non-hydrogen) atoms. The van der Waals surface area contributed by atoms with E-state index >= 15 is 0 Å². The first kappa shape index (κ1) is 20.9. The van der Waals surface area contributed by atoms with E-state index in [2.05, 4.69) is 0 Å². The van der Waals surface area contributed by atoms with Crippen LogP contribution in [0.3, 0.4) is 0 Å². The lowest BCUT2D eigenvalue weighted by atomic mass is 9.94. The topological polar surface area (TPSA) is 57.6 Å². The highest BCUT2D eigenvalue weighted by atomic mass is 35.5. The Morgan fingerprint density at radius 3 is 2.21 bits per heavy atom. The highest BCUT2D eigenvalue weighted by molar-refractivity contribution is 6.51. The van der Waals surface area contributed by atoms with Gasteiger partial charge in [-0.3, -0.25) is 14.5 Å². The van der Waals surface area contributed by atoms with Gasteiger partial charge < -0.3 is 5.11 Å². The molecule has 6 heteroatoms. The molecule has 1 atom stereocenters. The molecule has 1 aliphatic rings. The van der Waals surface area contributed by atoms with Gasteiger partial charge in [0.1, 0.15) is 11.6 Å². The van der Waals surface area contributed by atoms with Crippen molar-refractivity contribution >= 4 is 45.5 Å². The van der Waals surface area contributed by atoms with Crippen LogP contribution in [0.2, 0.25) is 5.02 Å². The average Bonchev–Trinajstić information content (AvgIpc) is 3.10. The molecule has 1 unspecified atom stereocenters. The Bertz CT molecular complexity index is 1430. The molecule has 0 bridgehead atoms. The molecular weight excluding hydrogens is 441 g/mol. The molecule has 1 fully saturated rings. The predicted octanol–water partition coefficient (Wildman–Crippen LogP) is 6.26. The first-order valence-electron chi connectivity index (χ1n) is 10.3. The second-order valence-electron chi connectivity index (χ2n) is 7.76. The molecule has 0 aromatic heterocycles. The molecule has 0 radical (unpaired) electrons. The largest absolute Gasteiger partial charge is 0.507 e. The van der Waals surface area contributed by atoms with Crippen molar-refractivity contribution in [3.63, 3.8) is 0 Å². The van der Waals surface area contributed by atoms with Gasteiger partial charge in [0.05, 0.1) is 11.6 Å². The van der Waals surface area contributed by atoms with E-state index in [-0.39, 0.29) is 11.3 Å². The number of aliphatic hydroxyl groups excluding tert-OH is 1. The van der Waals surface area contributed by atoms with Crippen molar-refractivity contribution in [1.82, 2.24) is 0 Å². The number of nitrogens with zero attached hydrogens (tertiary/aromatic N) is 1. The van der Waals surface area contributed by atoms with Crippen molar-refractivity contribution in [3.05, 3.63) is 119 Å². The second-order valence-corrected chi connectivity index (χ2v) is 8.20. The third-order valence-electron chi connectivity index (χ3n) is 5.76. The lowest BCUT2D eigenvalue weighted by Crippen LogP contribution is -2.29. The molecule has 1 heterocycles. The summed E-state index contributed by atoms with van der Waals surface area (Å²) in [4.78, 5) is 27.6. The SMILES string of the molecule is O=C1C(=O)N(c2ccc(Cl)cc2)C(c2ccc(F)cc2)/C1=C(/O)c1ccc2ccccc2c1. The van der Waals surface area contributed by atoms with E-state index in [1.165, 1.54) is 29.2 Å². The van der Waals surface area contributed by atoms with Gasteiger partial charge in [-0.2, -0.15) is 0 Å². The maximum Gasteiger partial charge on any atom is 0.300 e. The summed E-state index contributed by atoms with van der Waals surface area (Å²) in [5.74, 6) is -2.33. The fourth-order valence-corrected chi connectivity index (χ4v) is 4.28. The second kappa shape index (κ2) is 8.19. The zero-order chi connectivity index (χ0) is 23.1. The summed E-state index contributed by atoms with van der Waals surface area (Å²) in [6.45, 7) is 0. The molecule has 5 rings (SSSR count). The standard InChI is InChI=1S/C27H17ClFNO3/c28-20-9-13-22(14-10-20)30-24(17-7-11-21(29)12-8-17)23(26(32)27(30)33)25(31)19-6-5-16-3-1-2-4-18(16)15-19/h1-15,24,31H/b25-23-. The van der Waals surface area contributed by atoms with Crippen LogP contribution in [0.1, 0.15) is 17.2 Å². The molecule has 1 amide bonds. The van der Waals surface area contributed by atoms with Crippen LogP contribution < -0.4 is 4.90 Å². The number of Topliss-reactive ketones (excluding diaryl/α,β-unsaturated/α-hetero) is 1. The van der Waals surface area contributed by atoms with E-state index in [1.54, 1.807) is 36.4 Å². The summed E-state index contributed by atoms with van der Waals surface area (Å²) < 4.78 is 13.6. The van der Waals surface area contributed by atoms with Crippen molar-refractivity contribution in [1.29, 1.82) is 0 Å². The predicted molar refractivity (Wildman–Crippen MR) is 127 cm³/mol. The highest BCUT2D eigenvalue weighted by Crippen LogP contribution is 2.42. The number of fused-ring (bicyclic) bond motifs is 1. The summed E-state index contributed by atoms with van der Waals surface area (Å²) >= 11 is 6.00. The minimum absolute atomic E-state index is 0.0585. The molecule has 4 aromatic rings. The van der Waals surface area contributed by atoms with Crippen LogP contribution in [0.15, 0.2) is 96.6 Å². The molecule has 1 N–H and O–H groups in total. The number of ketones is 1. The van der Waals surface area contributed by atoms with Gasteiger partial charge in [-0.05, 0) is 58.8 Å². The smallest absolute Gasteiger partial charge is 0.300 e. The Morgan fingerprint density at radius 1 is 0.848 bits per heavy atom. The number of amides is 1. The lowest BCUT2D eigenvalue weighted by molar-refractivity contribution is -0.132. The summed E-state index contributed by atoms with van der Waals surface area (Å²) in [7, 11) is 0. The van der Waals surface area contributed by atoms with Gasteiger partial charge in [0.15, 0.2) is 0 Å². The maximum atomic E-state index is 13.6. The van der Waals surface area contributed by atoms with E-state index in [4.69, 9.17) is 11.6 Å². The first-order valence-corrected chi connectivity index (χ1v) is 10.6. The van der Waals surface area contributed by atoms with Gasteiger partial charge in [0, 0.05) is 16.3 Å². The third-order valence-corrected chi connectivity index (χ3v) is 6.01. The lowest BCUT2D eigenvalue weighted by Gasteiger charge is -2.25. The molecular formula is C27H17ClFNO3. The van der Waals surface area contributed by atoms with E-state index in [9.17, 15) is 19.1 Å². The van der Waals surface area contributed by atoms with Crippen LogP contribution in [0.5, 0.6) is 0 Å². The van der Waals surface area contributed by atoms with Gasteiger partial charge in [0.25, 0.3) is 11.7 Å². The zero-order valence-corrected chi connectivity index (χ0v) is 18.0. The zero-order valence-electron chi connectivity index (χ0n) is 17.2. The summed E-state index contributed by atoms with van der Waals surface area (Å²) in [5, 5.41) is 13.6. The van der Waals surface area contributed by atoms with Crippen LogP contribution in [0, 0.1) is 5.82 Å². The number of carbonyl (C=O) groups is 2. The minimum Gasteiger partial charge on any atom is -0.507 e. The molecule has 1 saturated heterocycles. The number of anilines is 1. The molecule has 0 aliphatic carbocycles. The number of halogens is 2. The normalized spacial score (nSPS) is 17.6. The Hall–Kier alpha value is -3.96. The van der Waals surface area contributed by atoms with Gasteiger partial charge in [-0.25, -0.2) is 4.39 Å². The van der Waals surface area contributed by atoms with Crippen LogP contribution >= 0.6 is 11.6 Å². The summed E-state index contributed by atoms with van der Waals surface area (Å²) in [5.41, 5.74) is 1.29. The molecule has 0 spiro atoms. The summed E-state index contributed by atoms with van der Waals surface area (Å²) in [6.07, 6.45) is 0. The fraction of sp³-hybridized carbons (Fsp3) is 0.0370. The van der Waals surface area contributed by atoms with E-state index in [1.807, 2.05) is 30.3 Å². The van der Waals surface area contributed by atoms with E-state index in [0.717, 1.165) is 10.8 Å². The van der Waals surface area contributed by atoms with Gasteiger partial charge in [-0.15, -0.1) is 0 Å². The number of rotatable bonds is 3. The quantitative estimate of drug-likeness (QED) is 0.224. The summed E-state index contributed by atoms with van der Waals surface area (Å²) in [6, 6.07) is 24.0. The number of carbonyl (C=O) groups excluding carboxylic acids is 2. The Morgan fingerprint density at radius 2 is 1.52 bits per heavy atom. The molecule has 1 aliphatic heterocycles. The Kier molecular flexibility index (Phi) is 5.19. The number of hydrogen-bond donors (Lipinski definition) is 1. The van der Waals surface area contributed by atoms with Crippen molar-refractivity contribution in [2.45, 2.75) is 6.04 Å². The van der Waals surface area contributed by atoms with E-state index in [0.29, 0.717) is 21.8 Å². The Labute approximate surface area is 194 Å². The Balaban J connectivity index is 1.72. The maximum absolute atomic E-state index is 13.6.